The standard InChI is InChI=1S/C23H28Si/c1-7-15-14-17-10-13-19-20(21(17)22(15)24(19,5)6)16-8-11-18(12-9-16)23(2,3)4/h8-14,22H,7H2,1-6H3. The molecular formula is C23H28Si. The van der Waals surface area contributed by atoms with E-state index in [2.05, 4.69) is 83.3 Å². The van der Waals surface area contributed by atoms with Crippen molar-refractivity contribution in [1.82, 2.24) is 0 Å². The minimum atomic E-state index is -1.47. The second-order valence-corrected chi connectivity index (χ2v) is 13.6. The average molecular weight is 333 g/mol. The topological polar surface area (TPSA) is 0 Å². The molecule has 1 unspecified atom stereocenters. The van der Waals surface area contributed by atoms with Gasteiger partial charge in [-0.1, -0.05) is 94.0 Å². The fourth-order valence-electron chi connectivity index (χ4n) is 4.81. The van der Waals surface area contributed by atoms with Crippen LogP contribution in [0.5, 0.6) is 0 Å². The zero-order valence-electron chi connectivity index (χ0n) is 15.8. The molecule has 0 nitrogen and oxygen atoms in total. The number of hydrogen-bond donors (Lipinski definition) is 0. The molecule has 0 spiro atoms. The maximum absolute atomic E-state index is 2.56. The van der Waals surface area contributed by atoms with E-state index >= 15 is 0 Å². The SMILES string of the molecule is CCC1=Cc2ccc3c(-c4ccc(C(C)(C)C)cc4)c2C1[Si]3(C)C. The first-order valence-corrected chi connectivity index (χ1v) is 12.3. The molecule has 1 heterocycles. The maximum atomic E-state index is 2.56. The van der Waals surface area contributed by atoms with E-state index in [9.17, 15) is 0 Å². The Kier molecular flexibility index (Phi) is 3.28. The second kappa shape index (κ2) is 4.95. The number of benzene rings is 2. The third-order valence-corrected chi connectivity index (χ3v) is 10.1. The quantitative estimate of drug-likeness (QED) is 0.591. The lowest BCUT2D eigenvalue weighted by Crippen LogP contribution is -2.43. The molecule has 2 aromatic carbocycles. The van der Waals surface area contributed by atoms with E-state index in [0.717, 1.165) is 0 Å². The van der Waals surface area contributed by atoms with E-state index in [1.165, 1.54) is 23.1 Å². The first-order valence-electron chi connectivity index (χ1n) is 9.24. The molecule has 0 saturated heterocycles. The zero-order chi connectivity index (χ0) is 17.3. The highest BCUT2D eigenvalue weighted by Crippen LogP contribution is 2.52. The highest BCUT2D eigenvalue weighted by atomic mass is 28.3. The highest BCUT2D eigenvalue weighted by molar-refractivity contribution is 6.94. The number of fused-ring (bicyclic) bond motifs is 1. The lowest BCUT2D eigenvalue weighted by atomic mass is 9.85. The summed E-state index contributed by atoms with van der Waals surface area (Å²) in [6, 6.07) is 14.2. The van der Waals surface area contributed by atoms with Crippen LogP contribution in [-0.2, 0) is 5.41 Å². The van der Waals surface area contributed by atoms with Crippen LogP contribution in [0.1, 0.15) is 56.3 Å². The molecule has 0 saturated carbocycles. The van der Waals surface area contributed by atoms with Gasteiger partial charge in [-0.2, -0.15) is 0 Å². The van der Waals surface area contributed by atoms with Crippen molar-refractivity contribution in [2.24, 2.45) is 0 Å². The maximum Gasteiger partial charge on any atom is 0.0931 e. The number of hydrogen-bond acceptors (Lipinski definition) is 0. The normalized spacial score (nSPS) is 20.4. The molecule has 0 radical (unpaired) electrons. The van der Waals surface area contributed by atoms with E-state index in [4.69, 9.17) is 0 Å². The van der Waals surface area contributed by atoms with Gasteiger partial charge in [0.25, 0.3) is 0 Å². The zero-order valence-corrected chi connectivity index (χ0v) is 16.8. The predicted molar refractivity (Wildman–Crippen MR) is 109 cm³/mol. The number of rotatable bonds is 2. The molecule has 4 rings (SSSR count). The van der Waals surface area contributed by atoms with Gasteiger partial charge in [-0.3, -0.25) is 0 Å². The first kappa shape index (κ1) is 15.9. The molecule has 2 aliphatic rings. The Balaban J connectivity index is 1.89. The van der Waals surface area contributed by atoms with Crippen LogP contribution in [0.3, 0.4) is 0 Å². The van der Waals surface area contributed by atoms with Crippen LogP contribution in [0.25, 0.3) is 17.2 Å². The fourth-order valence-corrected chi connectivity index (χ4v) is 8.81. The average Bonchev–Trinajstić information content (AvgIpc) is 2.98. The van der Waals surface area contributed by atoms with Crippen LogP contribution in [0, 0.1) is 0 Å². The van der Waals surface area contributed by atoms with Gasteiger partial charge in [-0.05, 0) is 39.7 Å². The summed E-state index contributed by atoms with van der Waals surface area (Å²) in [7, 11) is -1.47. The molecule has 1 atom stereocenters. The van der Waals surface area contributed by atoms with E-state index in [1.807, 2.05) is 0 Å². The summed E-state index contributed by atoms with van der Waals surface area (Å²) in [5.41, 5.74) is 10.1. The molecule has 1 aliphatic heterocycles. The molecule has 0 N–H and O–H groups in total. The third kappa shape index (κ3) is 2.04. The Labute approximate surface area is 147 Å². The van der Waals surface area contributed by atoms with Crippen LogP contribution in [-0.4, -0.2) is 8.07 Å². The molecule has 1 heteroatoms. The van der Waals surface area contributed by atoms with E-state index in [0.29, 0.717) is 5.54 Å². The molecule has 1 aliphatic carbocycles. The van der Waals surface area contributed by atoms with Crippen LogP contribution in [0.4, 0.5) is 0 Å². The molecule has 124 valence electrons. The summed E-state index contributed by atoms with van der Waals surface area (Å²) in [6.45, 7) is 14.3. The summed E-state index contributed by atoms with van der Waals surface area (Å²) >= 11 is 0. The van der Waals surface area contributed by atoms with Gasteiger partial charge in [0.2, 0.25) is 0 Å². The Hall–Kier alpha value is -1.60. The van der Waals surface area contributed by atoms with Gasteiger partial charge < -0.3 is 0 Å². The van der Waals surface area contributed by atoms with Crippen LogP contribution >= 0.6 is 0 Å². The van der Waals surface area contributed by atoms with Crippen molar-refractivity contribution in [3.8, 4) is 11.1 Å². The monoisotopic (exact) mass is 332 g/mol. The number of allylic oxidation sites excluding steroid dienone is 1. The van der Waals surface area contributed by atoms with Crippen molar-refractivity contribution in [3.05, 3.63) is 58.7 Å². The minimum absolute atomic E-state index is 0.216. The van der Waals surface area contributed by atoms with Crippen molar-refractivity contribution >= 4 is 19.3 Å². The molecule has 0 amide bonds. The molecule has 2 bridgehead atoms. The van der Waals surface area contributed by atoms with Crippen molar-refractivity contribution in [1.29, 1.82) is 0 Å². The first-order chi connectivity index (χ1) is 11.2. The van der Waals surface area contributed by atoms with Gasteiger partial charge in [0, 0.05) is 5.54 Å². The second-order valence-electron chi connectivity index (χ2n) is 9.05. The predicted octanol–water partition coefficient (Wildman–Crippen LogP) is 6.01. The van der Waals surface area contributed by atoms with Crippen molar-refractivity contribution in [2.75, 3.05) is 0 Å². The van der Waals surface area contributed by atoms with Crippen LogP contribution in [0.15, 0.2) is 42.0 Å². The van der Waals surface area contributed by atoms with E-state index < -0.39 is 8.07 Å². The molecule has 0 fully saturated rings. The Morgan fingerprint density at radius 3 is 2.21 bits per heavy atom. The van der Waals surface area contributed by atoms with Gasteiger partial charge in [0.1, 0.15) is 0 Å². The third-order valence-electron chi connectivity index (χ3n) is 6.14. The van der Waals surface area contributed by atoms with Crippen molar-refractivity contribution in [3.63, 3.8) is 0 Å². The van der Waals surface area contributed by atoms with Crippen LogP contribution in [0.2, 0.25) is 13.1 Å². The van der Waals surface area contributed by atoms with Gasteiger partial charge in [0.15, 0.2) is 0 Å². The lowest BCUT2D eigenvalue weighted by molar-refractivity contribution is 0.590. The lowest BCUT2D eigenvalue weighted by Gasteiger charge is -2.26. The molecule has 24 heavy (non-hydrogen) atoms. The minimum Gasteiger partial charge on any atom is -0.0647 e. The van der Waals surface area contributed by atoms with E-state index in [-0.39, 0.29) is 5.41 Å². The highest BCUT2D eigenvalue weighted by Gasteiger charge is 2.48. The van der Waals surface area contributed by atoms with Gasteiger partial charge >= 0.3 is 0 Å². The summed E-state index contributed by atoms with van der Waals surface area (Å²) in [6.07, 6.45) is 3.66. The Morgan fingerprint density at radius 1 is 0.958 bits per heavy atom. The summed E-state index contributed by atoms with van der Waals surface area (Å²) < 4.78 is 0. The molecular weight excluding hydrogens is 304 g/mol. The smallest absolute Gasteiger partial charge is 0.0647 e. The summed E-state index contributed by atoms with van der Waals surface area (Å²) in [5, 5.41) is 1.66. The molecule has 0 aromatic heterocycles. The largest absolute Gasteiger partial charge is 0.0931 e. The summed E-state index contributed by atoms with van der Waals surface area (Å²) in [4.78, 5) is 0. The van der Waals surface area contributed by atoms with Crippen molar-refractivity contribution < 1.29 is 0 Å². The van der Waals surface area contributed by atoms with E-state index in [1.54, 1.807) is 21.9 Å². The van der Waals surface area contributed by atoms with Gasteiger partial charge in [0.05, 0.1) is 8.07 Å². The summed E-state index contributed by atoms with van der Waals surface area (Å²) in [5.74, 6) is 0. The Morgan fingerprint density at radius 2 is 1.62 bits per heavy atom. The van der Waals surface area contributed by atoms with Gasteiger partial charge in [-0.25, -0.2) is 0 Å². The molecule has 2 aromatic rings. The van der Waals surface area contributed by atoms with Gasteiger partial charge in [-0.15, -0.1) is 0 Å². The van der Waals surface area contributed by atoms with Crippen molar-refractivity contribution in [2.45, 2.75) is 58.2 Å². The van der Waals surface area contributed by atoms with Crippen LogP contribution < -0.4 is 5.19 Å². The fraction of sp³-hybridized carbons (Fsp3) is 0.391. The Bertz CT molecular complexity index is 845.